The van der Waals surface area contributed by atoms with E-state index in [1.807, 2.05) is 19.9 Å². The van der Waals surface area contributed by atoms with Crippen LogP contribution in [0.1, 0.15) is 33.1 Å². The Balaban J connectivity index is 1.84. The van der Waals surface area contributed by atoms with Crippen LogP contribution < -0.4 is 10.6 Å². The van der Waals surface area contributed by atoms with Gasteiger partial charge in [-0.05, 0) is 25.0 Å². The van der Waals surface area contributed by atoms with E-state index in [2.05, 4.69) is 10.6 Å². The monoisotopic (exact) mass is 364 g/mol. The molecule has 7 nitrogen and oxygen atoms in total. The molecule has 0 unspecified atom stereocenters. The molecule has 0 radical (unpaired) electrons. The minimum Gasteiger partial charge on any atom is -0.388 e. The van der Waals surface area contributed by atoms with E-state index in [0.717, 1.165) is 12.8 Å². The predicted molar refractivity (Wildman–Crippen MR) is 97.4 cm³/mol. The van der Waals surface area contributed by atoms with Crippen molar-refractivity contribution in [1.29, 1.82) is 0 Å². The molecule has 1 saturated heterocycles. The molecule has 1 aromatic rings. The van der Waals surface area contributed by atoms with Gasteiger partial charge in [0.25, 0.3) is 0 Å². The molecule has 1 aliphatic rings. The van der Waals surface area contributed by atoms with Crippen molar-refractivity contribution in [2.24, 2.45) is 5.92 Å². The van der Waals surface area contributed by atoms with Gasteiger partial charge in [0.15, 0.2) is 0 Å². The van der Waals surface area contributed by atoms with Crippen molar-refractivity contribution < 1.29 is 24.5 Å². The average Bonchev–Trinajstić information content (AvgIpc) is 2.89. The first kappa shape index (κ1) is 20.4. The standard InChI is InChI=1S/C19H28N2O5/c1-3-12(4-2)19(25)20-11-15-18(24)17(23)14(26-15)10-16(22)21-13-8-6-5-7-9-13/h5-9,12,14-15,17-18,23-24H,3-4,10-11H2,1-2H3,(H,20,25)(H,21,22)/t14-,15+,17-,18+/m0/s1. The van der Waals surface area contributed by atoms with Gasteiger partial charge in [-0.25, -0.2) is 0 Å². The third-order valence-corrected chi connectivity index (χ3v) is 4.74. The van der Waals surface area contributed by atoms with E-state index in [0.29, 0.717) is 5.69 Å². The molecule has 0 aliphatic carbocycles. The fourth-order valence-corrected chi connectivity index (χ4v) is 3.08. The summed E-state index contributed by atoms with van der Waals surface area (Å²) in [5, 5.41) is 25.8. The summed E-state index contributed by atoms with van der Waals surface area (Å²) >= 11 is 0. The molecule has 2 rings (SSSR count). The first-order chi connectivity index (χ1) is 12.5. The SMILES string of the molecule is CCC(CC)C(=O)NC[C@H]1O[C@@H](CC(=O)Nc2ccccc2)[C@H](O)[C@@H]1O. The van der Waals surface area contributed by atoms with Crippen LogP contribution in [0, 0.1) is 5.92 Å². The smallest absolute Gasteiger partial charge is 0.227 e. The number of aliphatic hydroxyl groups excluding tert-OH is 2. The van der Waals surface area contributed by atoms with Crippen molar-refractivity contribution in [2.75, 3.05) is 11.9 Å². The van der Waals surface area contributed by atoms with E-state index in [9.17, 15) is 19.8 Å². The van der Waals surface area contributed by atoms with Gasteiger partial charge in [0, 0.05) is 18.2 Å². The number of aliphatic hydroxyl groups is 2. The molecule has 7 heteroatoms. The molecule has 26 heavy (non-hydrogen) atoms. The summed E-state index contributed by atoms with van der Waals surface area (Å²) < 4.78 is 5.62. The van der Waals surface area contributed by atoms with Crippen molar-refractivity contribution in [3.05, 3.63) is 30.3 Å². The van der Waals surface area contributed by atoms with Gasteiger partial charge >= 0.3 is 0 Å². The van der Waals surface area contributed by atoms with Crippen LogP contribution in [0.2, 0.25) is 0 Å². The molecule has 0 spiro atoms. The number of ether oxygens (including phenoxy) is 1. The van der Waals surface area contributed by atoms with Gasteiger partial charge in [0.2, 0.25) is 11.8 Å². The number of nitrogens with one attached hydrogen (secondary N) is 2. The first-order valence-electron chi connectivity index (χ1n) is 9.10. The molecular formula is C19H28N2O5. The van der Waals surface area contributed by atoms with E-state index < -0.39 is 24.4 Å². The Bertz CT molecular complexity index is 591. The molecule has 144 valence electrons. The Hall–Kier alpha value is -1.96. The van der Waals surface area contributed by atoms with Crippen LogP contribution in [0.25, 0.3) is 0 Å². The summed E-state index contributed by atoms with van der Waals surface area (Å²) in [6.45, 7) is 3.99. The van der Waals surface area contributed by atoms with Crippen molar-refractivity contribution in [2.45, 2.75) is 57.5 Å². The van der Waals surface area contributed by atoms with Crippen molar-refractivity contribution in [3.63, 3.8) is 0 Å². The van der Waals surface area contributed by atoms with Crippen LogP contribution in [-0.4, -0.2) is 53.0 Å². The van der Waals surface area contributed by atoms with Gasteiger partial charge in [-0.15, -0.1) is 0 Å². The zero-order valence-electron chi connectivity index (χ0n) is 15.2. The summed E-state index contributed by atoms with van der Waals surface area (Å²) in [6.07, 6.45) is -2.48. The third kappa shape index (κ3) is 5.27. The van der Waals surface area contributed by atoms with Gasteiger partial charge in [-0.1, -0.05) is 32.0 Å². The Morgan fingerprint density at radius 3 is 2.31 bits per heavy atom. The van der Waals surface area contributed by atoms with E-state index in [1.54, 1.807) is 24.3 Å². The van der Waals surface area contributed by atoms with E-state index in [4.69, 9.17) is 4.74 Å². The minimum absolute atomic E-state index is 0.0779. The highest BCUT2D eigenvalue weighted by atomic mass is 16.5. The van der Waals surface area contributed by atoms with Gasteiger partial charge in [-0.2, -0.15) is 0 Å². The second-order valence-electron chi connectivity index (χ2n) is 6.57. The molecule has 0 bridgehead atoms. The number of hydrogen-bond donors (Lipinski definition) is 4. The summed E-state index contributed by atoms with van der Waals surface area (Å²) in [6, 6.07) is 8.97. The number of hydrogen-bond acceptors (Lipinski definition) is 5. The second kappa shape index (κ2) is 9.66. The lowest BCUT2D eigenvalue weighted by molar-refractivity contribution is -0.126. The normalized spacial score (nSPS) is 25.3. The van der Waals surface area contributed by atoms with Gasteiger partial charge in [-0.3, -0.25) is 9.59 Å². The summed E-state index contributed by atoms with van der Waals surface area (Å²) in [4.78, 5) is 24.1. The van der Waals surface area contributed by atoms with Crippen LogP contribution in [0.3, 0.4) is 0 Å². The zero-order chi connectivity index (χ0) is 19.1. The van der Waals surface area contributed by atoms with Crippen LogP contribution >= 0.6 is 0 Å². The van der Waals surface area contributed by atoms with Crippen LogP contribution in [0.4, 0.5) is 5.69 Å². The minimum atomic E-state index is -1.17. The van der Waals surface area contributed by atoms with Crippen molar-refractivity contribution in [1.82, 2.24) is 5.32 Å². The lowest BCUT2D eigenvalue weighted by Crippen LogP contribution is -2.41. The van der Waals surface area contributed by atoms with E-state index >= 15 is 0 Å². The molecular weight excluding hydrogens is 336 g/mol. The number of carbonyl (C=O) groups excluding carboxylic acids is 2. The Morgan fingerprint density at radius 1 is 1.08 bits per heavy atom. The molecule has 0 saturated carbocycles. The first-order valence-corrected chi connectivity index (χ1v) is 9.10. The fraction of sp³-hybridized carbons (Fsp3) is 0.579. The maximum absolute atomic E-state index is 12.1. The van der Waals surface area contributed by atoms with E-state index in [-0.39, 0.29) is 30.7 Å². The highest BCUT2D eigenvalue weighted by Crippen LogP contribution is 2.24. The summed E-state index contributed by atoms with van der Waals surface area (Å²) in [5.41, 5.74) is 0.652. The summed E-state index contributed by atoms with van der Waals surface area (Å²) in [5.74, 6) is -0.481. The maximum Gasteiger partial charge on any atom is 0.227 e. The van der Waals surface area contributed by atoms with Gasteiger partial charge in [0.05, 0.1) is 12.5 Å². The highest BCUT2D eigenvalue weighted by Gasteiger charge is 2.43. The second-order valence-corrected chi connectivity index (χ2v) is 6.57. The topological polar surface area (TPSA) is 108 Å². The predicted octanol–water partition coefficient (Wildman–Crippen LogP) is 1.06. The van der Waals surface area contributed by atoms with Gasteiger partial charge in [0.1, 0.15) is 18.3 Å². The number of rotatable bonds is 8. The molecule has 2 amide bonds. The summed E-state index contributed by atoms with van der Waals surface area (Å²) in [7, 11) is 0. The zero-order valence-corrected chi connectivity index (χ0v) is 15.2. The number of amides is 2. The fourth-order valence-electron chi connectivity index (χ4n) is 3.08. The number of para-hydroxylation sites is 1. The molecule has 1 aromatic carbocycles. The lowest BCUT2D eigenvalue weighted by Gasteiger charge is -2.18. The van der Waals surface area contributed by atoms with Crippen molar-refractivity contribution in [3.8, 4) is 0 Å². The number of anilines is 1. The van der Waals surface area contributed by atoms with Crippen LogP contribution in [-0.2, 0) is 14.3 Å². The van der Waals surface area contributed by atoms with E-state index in [1.165, 1.54) is 0 Å². The molecule has 1 heterocycles. The largest absolute Gasteiger partial charge is 0.388 e. The van der Waals surface area contributed by atoms with Crippen LogP contribution in [0.5, 0.6) is 0 Å². The molecule has 4 atom stereocenters. The third-order valence-electron chi connectivity index (χ3n) is 4.74. The molecule has 1 fully saturated rings. The van der Waals surface area contributed by atoms with Crippen molar-refractivity contribution >= 4 is 17.5 Å². The van der Waals surface area contributed by atoms with Crippen LogP contribution in [0.15, 0.2) is 30.3 Å². The number of benzene rings is 1. The highest BCUT2D eigenvalue weighted by molar-refractivity contribution is 5.91. The van der Waals surface area contributed by atoms with Gasteiger partial charge < -0.3 is 25.6 Å². The Morgan fingerprint density at radius 2 is 1.69 bits per heavy atom. The molecule has 1 aliphatic heterocycles. The average molecular weight is 364 g/mol. The maximum atomic E-state index is 12.1. The molecule has 4 N–H and O–H groups in total. The lowest BCUT2D eigenvalue weighted by atomic mass is 10.0. The number of carbonyl (C=O) groups is 2. The molecule has 0 aromatic heterocycles. The quantitative estimate of drug-likeness (QED) is 0.552. The Kier molecular flexibility index (Phi) is 7.56. The Labute approximate surface area is 153 Å².